The van der Waals surface area contributed by atoms with Gasteiger partial charge in [0.25, 0.3) is 0 Å². The van der Waals surface area contributed by atoms with Crippen molar-refractivity contribution < 1.29 is 4.39 Å². The zero-order valence-electron chi connectivity index (χ0n) is 10.7. The molecule has 0 radical (unpaired) electrons. The van der Waals surface area contributed by atoms with Crippen LogP contribution in [0.5, 0.6) is 0 Å². The van der Waals surface area contributed by atoms with Crippen LogP contribution in [0.25, 0.3) is 10.9 Å². The molecule has 2 nitrogen and oxygen atoms in total. The molecule has 0 bridgehead atoms. The van der Waals surface area contributed by atoms with Gasteiger partial charge < -0.3 is 10.3 Å². The number of rotatable bonds is 3. The number of aryl methyl sites for hydroxylation is 1. The Balaban J connectivity index is 2.07. The number of halogens is 1. The molecule has 0 aliphatic heterocycles. The SMILES string of the molecule is CCCNC1CCCc2c1[nH]c1c(F)cccc21. The fraction of sp³-hybridized carbons (Fsp3) is 0.467. The third-order valence-corrected chi connectivity index (χ3v) is 3.83. The summed E-state index contributed by atoms with van der Waals surface area (Å²) in [4.78, 5) is 3.31. The Morgan fingerprint density at radius 1 is 1.44 bits per heavy atom. The van der Waals surface area contributed by atoms with E-state index in [9.17, 15) is 4.39 Å². The van der Waals surface area contributed by atoms with Crippen LogP contribution in [0.2, 0.25) is 0 Å². The van der Waals surface area contributed by atoms with E-state index in [4.69, 9.17) is 0 Å². The first kappa shape index (κ1) is 11.7. The van der Waals surface area contributed by atoms with Gasteiger partial charge in [-0.2, -0.15) is 0 Å². The molecule has 3 heteroatoms. The topological polar surface area (TPSA) is 27.8 Å². The number of hydrogen-bond donors (Lipinski definition) is 2. The first-order valence-corrected chi connectivity index (χ1v) is 6.83. The number of H-pyrrole nitrogens is 1. The van der Waals surface area contributed by atoms with Gasteiger partial charge in [0.05, 0.1) is 5.52 Å². The highest BCUT2D eigenvalue weighted by molar-refractivity contribution is 5.85. The van der Waals surface area contributed by atoms with Crippen molar-refractivity contribution in [1.29, 1.82) is 0 Å². The monoisotopic (exact) mass is 246 g/mol. The van der Waals surface area contributed by atoms with Gasteiger partial charge in [0.1, 0.15) is 5.82 Å². The first-order valence-electron chi connectivity index (χ1n) is 6.83. The fourth-order valence-corrected chi connectivity index (χ4v) is 2.97. The third kappa shape index (κ3) is 1.83. The summed E-state index contributed by atoms with van der Waals surface area (Å²) in [5.74, 6) is -0.142. The molecule has 1 unspecified atom stereocenters. The van der Waals surface area contributed by atoms with Crippen LogP contribution in [0.1, 0.15) is 43.5 Å². The zero-order valence-corrected chi connectivity index (χ0v) is 10.7. The molecular formula is C15H19FN2. The van der Waals surface area contributed by atoms with Gasteiger partial charge in [-0.25, -0.2) is 4.39 Å². The molecule has 1 atom stereocenters. The number of fused-ring (bicyclic) bond motifs is 3. The molecule has 0 amide bonds. The molecule has 1 aromatic carbocycles. The molecule has 1 aromatic heterocycles. The maximum Gasteiger partial charge on any atom is 0.147 e. The second kappa shape index (κ2) is 4.73. The number of aromatic amines is 1. The largest absolute Gasteiger partial charge is 0.354 e. The predicted molar refractivity (Wildman–Crippen MR) is 72.2 cm³/mol. The summed E-state index contributed by atoms with van der Waals surface area (Å²) in [5, 5.41) is 4.62. The highest BCUT2D eigenvalue weighted by Gasteiger charge is 2.24. The van der Waals surface area contributed by atoms with E-state index < -0.39 is 0 Å². The Morgan fingerprint density at radius 3 is 3.17 bits per heavy atom. The molecule has 0 fully saturated rings. The predicted octanol–water partition coefficient (Wildman–Crippen LogP) is 3.68. The van der Waals surface area contributed by atoms with Gasteiger partial charge in [-0.3, -0.25) is 0 Å². The lowest BCUT2D eigenvalue weighted by Crippen LogP contribution is -2.25. The van der Waals surface area contributed by atoms with Crippen molar-refractivity contribution >= 4 is 10.9 Å². The molecule has 0 saturated heterocycles. The Hall–Kier alpha value is -1.35. The molecule has 0 spiro atoms. The van der Waals surface area contributed by atoms with Gasteiger partial charge in [-0.15, -0.1) is 0 Å². The van der Waals surface area contributed by atoms with E-state index in [1.807, 2.05) is 6.07 Å². The van der Waals surface area contributed by atoms with Crippen LogP contribution in [0.15, 0.2) is 18.2 Å². The minimum absolute atomic E-state index is 0.142. The Labute approximate surface area is 107 Å². The van der Waals surface area contributed by atoms with Gasteiger partial charge >= 0.3 is 0 Å². The Morgan fingerprint density at radius 2 is 2.33 bits per heavy atom. The summed E-state index contributed by atoms with van der Waals surface area (Å²) < 4.78 is 13.8. The van der Waals surface area contributed by atoms with E-state index >= 15 is 0 Å². The van der Waals surface area contributed by atoms with E-state index in [2.05, 4.69) is 17.2 Å². The van der Waals surface area contributed by atoms with E-state index in [-0.39, 0.29) is 5.82 Å². The van der Waals surface area contributed by atoms with Crippen LogP contribution < -0.4 is 5.32 Å². The van der Waals surface area contributed by atoms with Gasteiger partial charge in [-0.05, 0) is 43.9 Å². The summed E-state index contributed by atoms with van der Waals surface area (Å²) in [5.41, 5.74) is 3.19. The molecule has 18 heavy (non-hydrogen) atoms. The molecule has 1 aliphatic rings. The third-order valence-electron chi connectivity index (χ3n) is 3.83. The first-order chi connectivity index (χ1) is 8.81. The van der Waals surface area contributed by atoms with Crippen molar-refractivity contribution in [3.05, 3.63) is 35.3 Å². The Bertz CT molecular complexity index is 559. The Kier molecular flexibility index (Phi) is 3.08. The minimum atomic E-state index is -0.142. The van der Waals surface area contributed by atoms with Crippen LogP contribution in [0, 0.1) is 5.82 Å². The average molecular weight is 246 g/mol. The molecular weight excluding hydrogens is 227 g/mol. The van der Waals surface area contributed by atoms with Crippen LogP contribution in [-0.2, 0) is 6.42 Å². The highest BCUT2D eigenvalue weighted by atomic mass is 19.1. The van der Waals surface area contributed by atoms with Crippen LogP contribution in [0.4, 0.5) is 4.39 Å². The van der Waals surface area contributed by atoms with Crippen LogP contribution >= 0.6 is 0 Å². The molecule has 2 aromatic rings. The number of nitrogens with one attached hydrogen (secondary N) is 2. The van der Waals surface area contributed by atoms with Crippen molar-refractivity contribution in [3.8, 4) is 0 Å². The lowest BCUT2D eigenvalue weighted by atomic mass is 9.91. The van der Waals surface area contributed by atoms with Gasteiger partial charge in [0.2, 0.25) is 0 Å². The van der Waals surface area contributed by atoms with Gasteiger partial charge in [0.15, 0.2) is 0 Å². The molecule has 96 valence electrons. The quantitative estimate of drug-likeness (QED) is 0.849. The van der Waals surface area contributed by atoms with Crippen LogP contribution in [-0.4, -0.2) is 11.5 Å². The summed E-state index contributed by atoms with van der Waals surface area (Å²) in [6.45, 7) is 3.18. The van der Waals surface area contributed by atoms with Crippen molar-refractivity contribution in [2.24, 2.45) is 0 Å². The lowest BCUT2D eigenvalue weighted by molar-refractivity contribution is 0.454. The summed E-state index contributed by atoms with van der Waals surface area (Å²) in [6.07, 6.45) is 4.50. The van der Waals surface area contributed by atoms with Crippen molar-refractivity contribution in [2.45, 2.75) is 38.6 Å². The van der Waals surface area contributed by atoms with Crippen molar-refractivity contribution in [1.82, 2.24) is 10.3 Å². The van der Waals surface area contributed by atoms with Crippen molar-refractivity contribution in [3.63, 3.8) is 0 Å². The standard InChI is InChI=1S/C15H19FN2/c1-2-9-17-13-8-4-6-11-10-5-3-7-12(16)14(10)18-15(11)13/h3,5,7,13,17-18H,2,4,6,8-9H2,1H3. The maximum atomic E-state index is 13.8. The van der Waals surface area contributed by atoms with E-state index in [1.54, 1.807) is 6.07 Å². The number of benzene rings is 1. The number of para-hydroxylation sites is 1. The second-order valence-corrected chi connectivity index (χ2v) is 5.08. The number of aromatic nitrogens is 1. The van der Waals surface area contributed by atoms with Crippen LogP contribution in [0.3, 0.4) is 0 Å². The molecule has 2 N–H and O–H groups in total. The smallest absolute Gasteiger partial charge is 0.147 e. The van der Waals surface area contributed by atoms with E-state index in [0.29, 0.717) is 11.6 Å². The summed E-state index contributed by atoms with van der Waals surface area (Å²) in [6, 6.07) is 5.71. The lowest BCUT2D eigenvalue weighted by Gasteiger charge is -2.23. The summed E-state index contributed by atoms with van der Waals surface area (Å²) >= 11 is 0. The number of hydrogen-bond acceptors (Lipinski definition) is 1. The average Bonchev–Trinajstić information content (AvgIpc) is 2.77. The van der Waals surface area contributed by atoms with E-state index in [0.717, 1.165) is 31.2 Å². The van der Waals surface area contributed by atoms with E-state index in [1.165, 1.54) is 23.7 Å². The highest BCUT2D eigenvalue weighted by Crippen LogP contribution is 2.35. The van der Waals surface area contributed by atoms with Gasteiger partial charge in [-0.1, -0.05) is 19.1 Å². The molecule has 0 saturated carbocycles. The zero-order chi connectivity index (χ0) is 12.5. The van der Waals surface area contributed by atoms with Crippen molar-refractivity contribution in [2.75, 3.05) is 6.54 Å². The van der Waals surface area contributed by atoms with Gasteiger partial charge in [0, 0.05) is 17.1 Å². The molecule has 1 aliphatic carbocycles. The normalized spacial score (nSPS) is 19.1. The fourth-order valence-electron chi connectivity index (χ4n) is 2.97. The maximum absolute atomic E-state index is 13.8. The minimum Gasteiger partial charge on any atom is -0.354 e. The molecule has 3 rings (SSSR count). The molecule has 1 heterocycles. The summed E-state index contributed by atoms with van der Waals surface area (Å²) in [7, 11) is 0. The second-order valence-electron chi connectivity index (χ2n) is 5.08.